The number of carbonyl (C=O) groups is 1. The van der Waals surface area contributed by atoms with Gasteiger partial charge in [0.25, 0.3) is 0 Å². The van der Waals surface area contributed by atoms with E-state index in [1.54, 1.807) is 4.90 Å². The minimum absolute atomic E-state index is 0.0503. The van der Waals surface area contributed by atoms with Crippen LogP contribution in [0.4, 0.5) is 0 Å². The molecule has 0 aliphatic heterocycles. The summed E-state index contributed by atoms with van der Waals surface area (Å²) in [5.41, 5.74) is 1.03. The number of nitriles is 1. The van der Waals surface area contributed by atoms with E-state index in [9.17, 15) is 10.1 Å². The lowest BCUT2D eigenvalue weighted by atomic mass is 9.99. The van der Waals surface area contributed by atoms with Gasteiger partial charge in [-0.25, -0.2) is 0 Å². The number of benzene rings is 1. The van der Waals surface area contributed by atoms with Crippen LogP contribution in [0.15, 0.2) is 30.3 Å². The van der Waals surface area contributed by atoms with Crippen molar-refractivity contribution in [2.45, 2.75) is 26.7 Å². The van der Waals surface area contributed by atoms with Crippen LogP contribution >= 0.6 is 0 Å². The van der Waals surface area contributed by atoms with Gasteiger partial charge in [-0.2, -0.15) is 5.26 Å². The molecule has 0 fully saturated rings. The van der Waals surface area contributed by atoms with Crippen LogP contribution in [-0.4, -0.2) is 23.9 Å². The van der Waals surface area contributed by atoms with Gasteiger partial charge in [-0.15, -0.1) is 0 Å². The lowest BCUT2D eigenvalue weighted by molar-refractivity contribution is -0.133. The van der Waals surface area contributed by atoms with E-state index in [0.717, 1.165) is 18.5 Å². The van der Waals surface area contributed by atoms with Gasteiger partial charge in [0, 0.05) is 13.1 Å². The van der Waals surface area contributed by atoms with Gasteiger partial charge in [0.15, 0.2) is 0 Å². The van der Waals surface area contributed by atoms with Crippen LogP contribution in [0, 0.1) is 17.2 Å². The Morgan fingerprint density at radius 3 is 2.50 bits per heavy atom. The normalized spacial score (nSPS) is 11.6. The van der Waals surface area contributed by atoms with E-state index < -0.39 is 5.92 Å². The molecular weight excluding hydrogens is 224 g/mol. The summed E-state index contributed by atoms with van der Waals surface area (Å²) < 4.78 is 0. The average Bonchev–Trinajstić information content (AvgIpc) is 2.42. The smallest absolute Gasteiger partial charge is 0.240 e. The molecule has 1 unspecified atom stereocenters. The number of hydrogen-bond acceptors (Lipinski definition) is 2. The van der Waals surface area contributed by atoms with Crippen molar-refractivity contribution in [3.8, 4) is 6.07 Å². The molecule has 0 aromatic heterocycles. The SMILES string of the molecule is CCCN(CC)C(=O)C(C#N)Cc1ccccc1. The molecular formula is C15H20N2O. The molecule has 18 heavy (non-hydrogen) atoms. The zero-order valence-corrected chi connectivity index (χ0v) is 11.1. The number of amides is 1. The Morgan fingerprint density at radius 2 is 2.00 bits per heavy atom. The highest BCUT2D eigenvalue weighted by Gasteiger charge is 2.22. The first-order valence-corrected chi connectivity index (χ1v) is 6.45. The zero-order chi connectivity index (χ0) is 13.4. The fourth-order valence-corrected chi connectivity index (χ4v) is 1.95. The molecule has 0 spiro atoms. The lowest BCUT2D eigenvalue weighted by Gasteiger charge is -2.22. The molecule has 1 rings (SSSR count). The third kappa shape index (κ3) is 3.89. The number of rotatable bonds is 6. The van der Waals surface area contributed by atoms with E-state index in [2.05, 4.69) is 6.07 Å². The Kier molecular flexibility index (Phi) is 5.93. The lowest BCUT2D eigenvalue weighted by Crippen LogP contribution is -2.36. The Hall–Kier alpha value is -1.82. The van der Waals surface area contributed by atoms with Crippen LogP contribution in [0.3, 0.4) is 0 Å². The summed E-state index contributed by atoms with van der Waals surface area (Å²) in [6, 6.07) is 11.8. The van der Waals surface area contributed by atoms with Crippen LogP contribution in [0.25, 0.3) is 0 Å². The van der Waals surface area contributed by atoms with Gasteiger partial charge in [-0.05, 0) is 25.3 Å². The van der Waals surface area contributed by atoms with Crippen LogP contribution < -0.4 is 0 Å². The van der Waals surface area contributed by atoms with E-state index in [0.29, 0.717) is 13.0 Å². The van der Waals surface area contributed by atoms with Gasteiger partial charge in [0.2, 0.25) is 5.91 Å². The molecule has 0 bridgehead atoms. The first-order chi connectivity index (χ1) is 8.72. The summed E-state index contributed by atoms with van der Waals surface area (Å²) in [7, 11) is 0. The molecule has 0 aliphatic rings. The van der Waals surface area contributed by atoms with Gasteiger partial charge in [0.1, 0.15) is 5.92 Å². The van der Waals surface area contributed by atoms with E-state index in [1.807, 2.05) is 44.2 Å². The van der Waals surface area contributed by atoms with Crippen LogP contribution in [-0.2, 0) is 11.2 Å². The number of hydrogen-bond donors (Lipinski definition) is 0. The standard InChI is InChI=1S/C15H20N2O/c1-3-10-17(4-2)15(18)14(12-16)11-13-8-6-5-7-9-13/h5-9,14H,3-4,10-11H2,1-2H3. The first kappa shape index (κ1) is 14.2. The summed E-state index contributed by atoms with van der Waals surface area (Å²) in [6.07, 6.45) is 1.42. The molecule has 1 amide bonds. The van der Waals surface area contributed by atoms with Gasteiger partial charge in [0.05, 0.1) is 6.07 Å². The van der Waals surface area contributed by atoms with E-state index >= 15 is 0 Å². The predicted octanol–water partition coefficient (Wildman–Crippen LogP) is 2.63. The molecule has 1 aromatic rings. The van der Waals surface area contributed by atoms with Crippen molar-refractivity contribution in [2.24, 2.45) is 5.92 Å². The minimum Gasteiger partial charge on any atom is -0.342 e. The molecule has 96 valence electrons. The molecule has 0 aliphatic carbocycles. The van der Waals surface area contributed by atoms with Crippen LogP contribution in [0.2, 0.25) is 0 Å². The Labute approximate surface area is 109 Å². The number of nitrogens with zero attached hydrogens (tertiary/aromatic N) is 2. The first-order valence-electron chi connectivity index (χ1n) is 6.45. The average molecular weight is 244 g/mol. The second kappa shape index (κ2) is 7.50. The third-order valence-corrected chi connectivity index (χ3v) is 2.92. The van der Waals surface area contributed by atoms with Crippen molar-refractivity contribution < 1.29 is 4.79 Å². The molecule has 0 heterocycles. The maximum atomic E-state index is 12.2. The van der Waals surface area contributed by atoms with E-state index in [1.165, 1.54) is 0 Å². The Bertz CT molecular complexity index is 408. The van der Waals surface area contributed by atoms with Crippen molar-refractivity contribution >= 4 is 5.91 Å². The monoisotopic (exact) mass is 244 g/mol. The zero-order valence-electron chi connectivity index (χ0n) is 11.1. The highest BCUT2D eigenvalue weighted by molar-refractivity contribution is 5.81. The van der Waals surface area contributed by atoms with Crippen LogP contribution in [0.1, 0.15) is 25.8 Å². The van der Waals surface area contributed by atoms with Gasteiger partial charge in [-0.1, -0.05) is 37.3 Å². The molecule has 0 saturated carbocycles. The summed E-state index contributed by atoms with van der Waals surface area (Å²) in [5.74, 6) is -0.621. The highest BCUT2D eigenvalue weighted by Crippen LogP contribution is 2.11. The van der Waals surface area contributed by atoms with Gasteiger partial charge >= 0.3 is 0 Å². The van der Waals surface area contributed by atoms with Gasteiger partial charge < -0.3 is 4.90 Å². The van der Waals surface area contributed by atoms with E-state index in [4.69, 9.17) is 0 Å². The maximum Gasteiger partial charge on any atom is 0.240 e. The second-order valence-electron chi connectivity index (χ2n) is 4.29. The predicted molar refractivity (Wildman–Crippen MR) is 71.8 cm³/mol. The fraction of sp³-hybridized carbons (Fsp3) is 0.467. The minimum atomic E-state index is -0.570. The Balaban J connectivity index is 2.72. The quantitative estimate of drug-likeness (QED) is 0.772. The van der Waals surface area contributed by atoms with Crippen molar-refractivity contribution in [2.75, 3.05) is 13.1 Å². The molecule has 1 atom stereocenters. The van der Waals surface area contributed by atoms with Gasteiger partial charge in [-0.3, -0.25) is 4.79 Å². The fourth-order valence-electron chi connectivity index (χ4n) is 1.95. The molecule has 3 nitrogen and oxygen atoms in total. The summed E-state index contributed by atoms with van der Waals surface area (Å²) in [4.78, 5) is 14.0. The third-order valence-electron chi connectivity index (χ3n) is 2.92. The van der Waals surface area contributed by atoms with Crippen molar-refractivity contribution in [3.05, 3.63) is 35.9 Å². The summed E-state index contributed by atoms with van der Waals surface area (Å²) >= 11 is 0. The Morgan fingerprint density at radius 1 is 1.33 bits per heavy atom. The van der Waals surface area contributed by atoms with Crippen molar-refractivity contribution in [1.29, 1.82) is 5.26 Å². The largest absolute Gasteiger partial charge is 0.342 e. The second-order valence-corrected chi connectivity index (χ2v) is 4.29. The summed E-state index contributed by atoms with van der Waals surface area (Å²) in [6.45, 7) is 5.38. The summed E-state index contributed by atoms with van der Waals surface area (Å²) in [5, 5.41) is 9.17. The molecule has 0 N–H and O–H groups in total. The molecule has 1 aromatic carbocycles. The van der Waals surface area contributed by atoms with E-state index in [-0.39, 0.29) is 5.91 Å². The molecule has 0 radical (unpaired) electrons. The van der Waals surface area contributed by atoms with Crippen molar-refractivity contribution in [1.82, 2.24) is 4.90 Å². The highest BCUT2D eigenvalue weighted by atomic mass is 16.2. The number of carbonyl (C=O) groups excluding carboxylic acids is 1. The van der Waals surface area contributed by atoms with Crippen molar-refractivity contribution in [3.63, 3.8) is 0 Å². The topological polar surface area (TPSA) is 44.1 Å². The molecule has 0 saturated heterocycles. The molecule has 3 heteroatoms. The van der Waals surface area contributed by atoms with Crippen LogP contribution in [0.5, 0.6) is 0 Å². The maximum absolute atomic E-state index is 12.2.